The number of hydrazine groups is 1. The summed E-state index contributed by atoms with van der Waals surface area (Å²) < 4.78 is 5.73. The predicted molar refractivity (Wildman–Crippen MR) is 116 cm³/mol. The van der Waals surface area contributed by atoms with Crippen LogP contribution in [0.15, 0.2) is 66.9 Å². The van der Waals surface area contributed by atoms with Crippen LogP contribution in [0.1, 0.15) is 27.8 Å². The van der Waals surface area contributed by atoms with Crippen molar-refractivity contribution in [1.29, 1.82) is 0 Å². The number of benzene rings is 2. The molecule has 9 heteroatoms. The Labute approximate surface area is 178 Å². The van der Waals surface area contributed by atoms with Crippen LogP contribution in [-0.4, -0.2) is 29.8 Å². The lowest BCUT2D eigenvalue weighted by molar-refractivity contribution is 0.0956. The monoisotopic (exact) mass is 419 g/mol. The van der Waals surface area contributed by atoms with Crippen LogP contribution >= 0.6 is 0 Å². The van der Waals surface area contributed by atoms with E-state index in [4.69, 9.17) is 4.74 Å². The van der Waals surface area contributed by atoms with E-state index in [9.17, 15) is 14.4 Å². The summed E-state index contributed by atoms with van der Waals surface area (Å²) in [5.41, 5.74) is 7.18. The molecule has 3 aromatic rings. The number of carbonyl (C=O) groups excluding carboxylic acids is 3. The van der Waals surface area contributed by atoms with Gasteiger partial charge in [-0.2, -0.15) is 0 Å². The van der Waals surface area contributed by atoms with Gasteiger partial charge in [0.2, 0.25) is 0 Å². The molecule has 31 heavy (non-hydrogen) atoms. The van der Waals surface area contributed by atoms with Gasteiger partial charge in [0.05, 0.1) is 5.69 Å². The van der Waals surface area contributed by atoms with Gasteiger partial charge < -0.3 is 15.4 Å². The van der Waals surface area contributed by atoms with Crippen LogP contribution in [0, 0.1) is 0 Å². The number of carbonyl (C=O) groups is 3. The molecule has 0 bridgehead atoms. The average molecular weight is 419 g/mol. The van der Waals surface area contributed by atoms with Gasteiger partial charge in [0.1, 0.15) is 17.2 Å². The summed E-state index contributed by atoms with van der Waals surface area (Å²) >= 11 is 0. The number of rotatable bonds is 7. The zero-order chi connectivity index (χ0) is 22.2. The summed E-state index contributed by atoms with van der Waals surface area (Å²) in [5, 5.41) is 5.15. The molecular formula is C22H21N5O4. The van der Waals surface area contributed by atoms with Crippen molar-refractivity contribution in [3.63, 3.8) is 0 Å². The van der Waals surface area contributed by atoms with Crippen molar-refractivity contribution >= 4 is 29.1 Å². The van der Waals surface area contributed by atoms with Gasteiger partial charge in [0.15, 0.2) is 5.78 Å². The maximum absolute atomic E-state index is 12.1. The first kappa shape index (κ1) is 21.3. The third kappa shape index (κ3) is 6.04. The second-order valence-electron chi connectivity index (χ2n) is 6.42. The molecule has 0 spiro atoms. The van der Waals surface area contributed by atoms with Crippen LogP contribution in [0.2, 0.25) is 0 Å². The van der Waals surface area contributed by atoms with E-state index in [1.807, 2.05) is 0 Å². The van der Waals surface area contributed by atoms with Crippen molar-refractivity contribution in [2.45, 2.75) is 6.92 Å². The van der Waals surface area contributed by atoms with Crippen molar-refractivity contribution in [2.24, 2.45) is 0 Å². The van der Waals surface area contributed by atoms with Crippen LogP contribution in [0.5, 0.6) is 11.5 Å². The Balaban J connectivity index is 1.54. The molecule has 0 aliphatic heterocycles. The highest BCUT2D eigenvalue weighted by molar-refractivity contribution is 5.97. The molecule has 2 aromatic carbocycles. The Morgan fingerprint density at radius 3 is 2.39 bits per heavy atom. The van der Waals surface area contributed by atoms with Crippen LogP contribution in [0.4, 0.5) is 16.2 Å². The molecule has 0 radical (unpaired) electrons. The Hall–Kier alpha value is -4.40. The van der Waals surface area contributed by atoms with Gasteiger partial charge >= 0.3 is 6.03 Å². The van der Waals surface area contributed by atoms with Crippen molar-refractivity contribution in [2.75, 3.05) is 17.8 Å². The smallest absolute Gasteiger partial charge is 0.337 e. The van der Waals surface area contributed by atoms with E-state index in [1.54, 1.807) is 54.6 Å². The SMILES string of the molecule is CNC(=O)c1cc(Oc2ccc(NNC(=O)Nc3cccc(C(C)=O)c3)cc2)ccn1. The van der Waals surface area contributed by atoms with E-state index in [0.717, 1.165) is 0 Å². The zero-order valence-electron chi connectivity index (χ0n) is 16.9. The molecule has 4 N–H and O–H groups in total. The highest BCUT2D eigenvalue weighted by Gasteiger charge is 2.07. The van der Waals surface area contributed by atoms with Gasteiger partial charge in [-0.1, -0.05) is 12.1 Å². The first-order valence-corrected chi connectivity index (χ1v) is 9.34. The number of urea groups is 1. The van der Waals surface area contributed by atoms with Gasteiger partial charge in [-0.25, -0.2) is 4.79 Å². The van der Waals surface area contributed by atoms with E-state index < -0.39 is 6.03 Å². The zero-order valence-corrected chi connectivity index (χ0v) is 16.9. The van der Waals surface area contributed by atoms with Gasteiger partial charge in [0, 0.05) is 30.6 Å². The fourth-order valence-corrected chi connectivity index (χ4v) is 2.58. The molecule has 1 heterocycles. The Morgan fingerprint density at radius 2 is 1.68 bits per heavy atom. The normalized spacial score (nSPS) is 10.0. The summed E-state index contributed by atoms with van der Waals surface area (Å²) in [7, 11) is 1.53. The lowest BCUT2D eigenvalue weighted by Gasteiger charge is -2.11. The summed E-state index contributed by atoms with van der Waals surface area (Å²) in [5.74, 6) is 0.633. The second-order valence-corrected chi connectivity index (χ2v) is 6.42. The fraction of sp³-hybridized carbons (Fsp3) is 0.0909. The number of ketones is 1. The molecular weight excluding hydrogens is 398 g/mol. The average Bonchev–Trinajstić information content (AvgIpc) is 2.78. The number of aromatic nitrogens is 1. The van der Waals surface area contributed by atoms with E-state index in [0.29, 0.717) is 28.4 Å². The highest BCUT2D eigenvalue weighted by atomic mass is 16.5. The number of Topliss-reactive ketones (excluding diaryl/α,β-unsaturated/α-hetero) is 1. The maximum Gasteiger partial charge on any atom is 0.337 e. The molecule has 9 nitrogen and oxygen atoms in total. The predicted octanol–water partition coefficient (Wildman–Crippen LogP) is 3.58. The Kier molecular flexibility index (Phi) is 6.79. The minimum absolute atomic E-state index is 0.0823. The third-order valence-electron chi connectivity index (χ3n) is 4.13. The molecule has 0 saturated heterocycles. The number of pyridine rings is 1. The topological polar surface area (TPSA) is 121 Å². The number of ether oxygens (including phenoxy) is 1. The lowest BCUT2D eigenvalue weighted by atomic mass is 10.1. The Morgan fingerprint density at radius 1 is 0.903 bits per heavy atom. The Bertz CT molecular complexity index is 1100. The fourth-order valence-electron chi connectivity index (χ4n) is 2.58. The molecule has 158 valence electrons. The van der Waals surface area contributed by atoms with E-state index >= 15 is 0 Å². The quantitative estimate of drug-likeness (QED) is 0.343. The lowest BCUT2D eigenvalue weighted by Crippen LogP contribution is -2.33. The molecule has 0 fully saturated rings. The molecule has 1 aromatic heterocycles. The van der Waals surface area contributed by atoms with E-state index in [2.05, 4.69) is 26.5 Å². The first-order chi connectivity index (χ1) is 14.9. The van der Waals surface area contributed by atoms with Gasteiger partial charge in [0.25, 0.3) is 5.91 Å². The van der Waals surface area contributed by atoms with Crippen LogP contribution < -0.4 is 26.2 Å². The molecule has 0 saturated carbocycles. The summed E-state index contributed by atoms with van der Waals surface area (Å²) in [6, 6.07) is 16.2. The third-order valence-corrected chi connectivity index (χ3v) is 4.13. The summed E-state index contributed by atoms with van der Waals surface area (Å²) in [6.45, 7) is 1.46. The van der Waals surface area contributed by atoms with Crippen molar-refractivity contribution in [3.05, 3.63) is 78.1 Å². The van der Waals surface area contributed by atoms with Crippen LogP contribution in [0.25, 0.3) is 0 Å². The first-order valence-electron chi connectivity index (χ1n) is 9.34. The molecule has 0 aliphatic carbocycles. The minimum atomic E-state index is -0.487. The summed E-state index contributed by atoms with van der Waals surface area (Å²) in [6.07, 6.45) is 1.49. The summed E-state index contributed by atoms with van der Waals surface area (Å²) in [4.78, 5) is 39.1. The van der Waals surface area contributed by atoms with Gasteiger partial charge in [-0.15, -0.1) is 0 Å². The largest absolute Gasteiger partial charge is 0.457 e. The number of nitrogens with one attached hydrogen (secondary N) is 4. The van der Waals surface area contributed by atoms with Crippen molar-refractivity contribution in [1.82, 2.24) is 15.7 Å². The second kappa shape index (κ2) is 9.88. The number of nitrogens with zero attached hydrogens (tertiary/aromatic N) is 1. The number of hydrogen-bond acceptors (Lipinski definition) is 6. The van der Waals surface area contributed by atoms with Crippen LogP contribution in [0.3, 0.4) is 0 Å². The maximum atomic E-state index is 12.1. The van der Waals surface area contributed by atoms with Crippen LogP contribution in [-0.2, 0) is 0 Å². The van der Waals surface area contributed by atoms with Crippen molar-refractivity contribution < 1.29 is 19.1 Å². The molecule has 0 aliphatic rings. The molecule has 0 unspecified atom stereocenters. The van der Waals surface area contributed by atoms with Gasteiger partial charge in [-0.05, 0) is 49.4 Å². The van der Waals surface area contributed by atoms with E-state index in [1.165, 1.54) is 26.2 Å². The molecule has 3 amide bonds. The van der Waals surface area contributed by atoms with E-state index in [-0.39, 0.29) is 17.4 Å². The highest BCUT2D eigenvalue weighted by Crippen LogP contribution is 2.23. The van der Waals surface area contributed by atoms with Crippen molar-refractivity contribution in [3.8, 4) is 11.5 Å². The standard InChI is InChI=1S/C22H21N5O4/c1-14(28)15-4-3-5-17(12-15)25-22(30)27-26-16-6-8-18(9-7-16)31-19-10-11-24-20(13-19)21(29)23-2/h3-13,26H,1-2H3,(H,23,29)(H2,25,27,30). The van der Waals surface area contributed by atoms with Gasteiger partial charge in [-0.3, -0.25) is 25.4 Å². The number of amides is 3. The number of hydrogen-bond donors (Lipinski definition) is 4. The number of anilines is 2. The minimum Gasteiger partial charge on any atom is -0.457 e. The molecule has 3 rings (SSSR count). The molecule has 0 atom stereocenters.